The van der Waals surface area contributed by atoms with Crippen LogP contribution in [0.1, 0.15) is 45.2 Å². The largest absolute Gasteiger partial charge is 0.446 e. The summed E-state index contributed by atoms with van der Waals surface area (Å²) in [7, 11) is 0. The normalized spacial score (nSPS) is 18.2. The average molecular weight is 433 g/mol. The summed E-state index contributed by atoms with van der Waals surface area (Å²) in [6.07, 6.45) is 1.20. The molecule has 2 atom stereocenters. The maximum atomic E-state index is 12.2. The van der Waals surface area contributed by atoms with Gasteiger partial charge in [-0.3, -0.25) is 0 Å². The maximum absolute atomic E-state index is 12.2. The van der Waals surface area contributed by atoms with Gasteiger partial charge in [0, 0.05) is 29.4 Å². The minimum absolute atomic E-state index is 0.0115. The van der Waals surface area contributed by atoms with Crippen molar-refractivity contribution >= 4 is 22.0 Å². The monoisotopic (exact) mass is 432 g/mol. The van der Waals surface area contributed by atoms with Crippen LogP contribution in [0.5, 0.6) is 0 Å². The number of hydrogen-bond acceptors (Lipinski definition) is 3. The lowest BCUT2D eigenvalue weighted by atomic mass is 9.95. The van der Waals surface area contributed by atoms with E-state index < -0.39 is 0 Å². The molecule has 1 amide bonds. The van der Waals surface area contributed by atoms with Crippen LogP contribution >= 0.6 is 15.9 Å². The third kappa shape index (κ3) is 7.35. The van der Waals surface area contributed by atoms with Crippen molar-refractivity contribution in [2.45, 2.75) is 51.3 Å². The van der Waals surface area contributed by atoms with Gasteiger partial charge in [-0.1, -0.05) is 64.5 Å². The van der Waals surface area contributed by atoms with Gasteiger partial charge in [0.25, 0.3) is 0 Å². The van der Waals surface area contributed by atoms with Crippen molar-refractivity contribution in [1.29, 1.82) is 0 Å². The van der Waals surface area contributed by atoms with E-state index >= 15 is 0 Å². The van der Waals surface area contributed by atoms with E-state index in [-0.39, 0.29) is 23.8 Å². The summed E-state index contributed by atoms with van der Waals surface area (Å²) in [6, 6.07) is 20.0. The number of ether oxygens (including phenoxy) is 1. The van der Waals surface area contributed by atoms with Crippen LogP contribution in [0.15, 0.2) is 65.1 Å². The number of amides is 1. The van der Waals surface area contributed by atoms with Gasteiger partial charge in [0.1, 0.15) is 6.10 Å². The van der Waals surface area contributed by atoms with E-state index in [9.17, 15) is 4.79 Å². The van der Waals surface area contributed by atoms with Gasteiger partial charge in [-0.05, 0) is 38.5 Å². The van der Waals surface area contributed by atoms with Crippen molar-refractivity contribution in [3.8, 4) is 0 Å². The van der Waals surface area contributed by atoms with Crippen LogP contribution in [0.25, 0.3) is 0 Å². The Kier molecular flexibility index (Phi) is 7.87. The highest BCUT2D eigenvalue weighted by Crippen LogP contribution is 2.28. The first kappa shape index (κ1) is 21.5. The lowest BCUT2D eigenvalue weighted by molar-refractivity contribution is 0.00329. The van der Waals surface area contributed by atoms with Gasteiger partial charge in [-0.25, -0.2) is 4.79 Å². The minimum Gasteiger partial charge on any atom is -0.446 e. The number of cyclic esters (lactones) is 1. The van der Waals surface area contributed by atoms with Crippen molar-refractivity contribution in [1.82, 2.24) is 4.90 Å². The Morgan fingerprint density at radius 3 is 2.11 bits per heavy atom. The van der Waals surface area contributed by atoms with Gasteiger partial charge < -0.3 is 15.4 Å². The van der Waals surface area contributed by atoms with Gasteiger partial charge >= 0.3 is 6.09 Å². The Balaban J connectivity index is 0.000000369. The van der Waals surface area contributed by atoms with Crippen molar-refractivity contribution in [3.63, 3.8) is 0 Å². The molecule has 3 rings (SSSR count). The number of carbonyl (C=O) groups is 1. The fraction of sp³-hybridized carbons (Fsp3) is 0.409. The Labute approximate surface area is 170 Å². The molecule has 0 radical (unpaired) electrons. The molecule has 2 aromatic carbocycles. The van der Waals surface area contributed by atoms with Crippen LogP contribution in [0.3, 0.4) is 0 Å². The Hall–Kier alpha value is -1.85. The quantitative estimate of drug-likeness (QED) is 0.689. The Morgan fingerprint density at radius 2 is 1.67 bits per heavy atom. The summed E-state index contributed by atoms with van der Waals surface area (Å²) < 4.78 is 6.57. The number of rotatable bonds is 4. The molecule has 2 aromatic rings. The van der Waals surface area contributed by atoms with E-state index in [1.54, 1.807) is 4.90 Å². The van der Waals surface area contributed by atoms with Gasteiger partial charge in [-0.2, -0.15) is 0 Å². The van der Waals surface area contributed by atoms with Gasteiger partial charge in [0.15, 0.2) is 0 Å². The fourth-order valence-electron chi connectivity index (χ4n) is 3.03. The van der Waals surface area contributed by atoms with Crippen LogP contribution < -0.4 is 5.73 Å². The molecule has 1 fully saturated rings. The first-order chi connectivity index (χ1) is 12.8. The number of hydrogen-bond donors (Lipinski definition) is 1. The molecule has 27 heavy (non-hydrogen) atoms. The summed E-state index contributed by atoms with van der Waals surface area (Å²) in [4.78, 5) is 14.0. The summed E-state index contributed by atoms with van der Waals surface area (Å²) in [5, 5.41) is 0. The first-order valence-corrected chi connectivity index (χ1v) is 10.1. The first-order valence-electron chi connectivity index (χ1n) is 9.28. The predicted octanol–water partition coefficient (Wildman–Crippen LogP) is 5.54. The summed E-state index contributed by atoms with van der Waals surface area (Å²) in [5.74, 6) is 0. The summed E-state index contributed by atoms with van der Waals surface area (Å²) in [6.45, 7) is 6.64. The summed E-state index contributed by atoms with van der Waals surface area (Å²) in [5.41, 5.74) is 6.79. The molecule has 1 heterocycles. The van der Waals surface area contributed by atoms with Gasteiger partial charge in [0.2, 0.25) is 0 Å². The molecule has 1 aliphatic rings. The molecule has 0 aliphatic carbocycles. The highest BCUT2D eigenvalue weighted by molar-refractivity contribution is 9.10. The smallest absolute Gasteiger partial charge is 0.410 e. The Bertz CT molecular complexity index is 672. The molecule has 146 valence electrons. The van der Waals surface area contributed by atoms with E-state index in [4.69, 9.17) is 10.5 Å². The SMILES string of the molecule is CC(c1ccc(Br)cc1)N1CCC(CC(C)(C)N)OC1=O.c1ccccc1. The second kappa shape index (κ2) is 9.90. The van der Waals surface area contributed by atoms with Crippen LogP contribution in [0.4, 0.5) is 4.79 Å². The molecule has 4 nitrogen and oxygen atoms in total. The van der Waals surface area contributed by atoms with Crippen molar-refractivity contribution in [3.05, 3.63) is 70.7 Å². The lowest BCUT2D eigenvalue weighted by Crippen LogP contribution is -2.46. The van der Waals surface area contributed by atoms with Crippen molar-refractivity contribution in [2.75, 3.05) is 6.54 Å². The van der Waals surface area contributed by atoms with Crippen molar-refractivity contribution < 1.29 is 9.53 Å². The van der Waals surface area contributed by atoms with E-state index in [1.165, 1.54) is 0 Å². The van der Waals surface area contributed by atoms with Crippen molar-refractivity contribution in [2.24, 2.45) is 5.73 Å². The molecular formula is C22H29BrN2O2. The third-order valence-electron chi connectivity index (χ3n) is 4.43. The van der Waals surface area contributed by atoms with E-state index in [1.807, 2.05) is 81.4 Å². The van der Waals surface area contributed by atoms with E-state index in [0.29, 0.717) is 13.0 Å². The van der Waals surface area contributed by atoms with Crippen LogP contribution in [-0.2, 0) is 4.74 Å². The maximum Gasteiger partial charge on any atom is 0.410 e. The van der Waals surface area contributed by atoms with Crippen LogP contribution in [-0.4, -0.2) is 29.2 Å². The van der Waals surface area contributed by atoms with Crippen LogP contribution in [0, 0.1) is 0 Å². The lowest BCUT2D eigenvalue weighted by Gasteiger charge is -2.37. The molecule has 5 heteroatoms. The summed E-state index contributed by atoms with van der Waals surface area (Å²) >= 11 is 3.42. The molecule has 1 saturated heterocycles. The highest BCUT2D eigenvalue weighted by atomic mass is 79.9. The molecule has 2 unspecified atom stereocenters. The fourth-order valence-corrected chi connectivity index (χ4v) is 3.30. The second-order valence-corrected chi connectivity index (χ2v) is 8.48. The minimum atomic E-state index is -0.315. The number of halogens is 1. The molecular weight excluding hydrogens is 404 g/mol. The zero-order valence-electron chi connectivity index (χ0n) is 16.3. The highest BCUT2D eigenvalue weighted by Gasteiger charge is 2.32. The predicted molar refractivity (Wildman–Crippen MR) is 113 cm³/mol. The van der Waals surface area contributed by atoms with Gasteiger partial charge in [0.05, 0.1) is 6.04 Å². The second-order valence-electron chi connectivity index (χ2n) is 7.56. The number of benzene rings is 2. The number of nitrogens with zero attached hydrogens (tertiary/aromatic N) is 1. The standard InChI is InChI=1S/C16H23BrN2O2.C6H6/c1-11(12-4-6-13(17)7-5-12)19-9-8-14(21-15(19)20)10-16(2,3)18;1-2-4-6-5-3-1/h4-7,11,14H,8-10,18H2,1-3H3;1-6H. The average Bonchev–Trinajstić information content (AvgIpc) is 2.62. The van der Waals surface area contributed by atoms with Gasteiger partial charge in [-0.15, -0.1) is 0 Å². The number of carbonyl (C=O) groups excluding carboxylic acids is 1. The number of nitrogens with two attached hydrogens (primary N) is 1. The van der Waals surface area contributed by atoms with E-state index in [2.05, 4.69) is 15.9 Å². The molecule has 0 aromatic heterocycles. The topological polar surface area (TPSA) is 55.6 Å². The molecule has 1 aliphatic heterocycles. The molecule has 2 N–H and O–H groups in total. The zero-order valence-corrected chi connectivity index (χ0v) is 17.9. The third-order valence-corrected chi connectivity index (χ3v) is 4.96. The van der Waals surface area contributed by atoms with Crippen LogP contribution in [0.2, 0.25) is 0 Å². The molecule has 0 spiro atoms. The Morgan fingerprint density at radius 1 is 1.15 bits per heavy atom. The van der Waals surface area contributed by atoms with E-state index in [0.717, 1.165) is 16.5 Å². The molecule has 0 saturated carbocycles. The molecule has 0 bridgehead atoms. The zero-order chi connectivity index (χ0) is 19.9.